The molecule has 0 aliphatic rings. The molecule has 27 heavy (non-hydrogen) atoms. The summed E-state index contributed by atoms with van der Waals surface area (Å²) in [6.45, 7) is 4.70. The Kier molecular flexibility index (Phi) is 4.61. The number of H-pyrrole nitrogens is 1. The third-order valence-electron chi connectivity index (χ3n) is 4.58. The monoisotopic (exact) mass is 356 g/mol. The maximum Gasteiger partial charge on any atom is 0.243 e. The predicted octanol–water partition coefficient (Wildman–Crippen LogP) is 4.16. The number of rotatable bonds is 5. The lowest BCUT2D eigenvalue weighted by Crippen LogP contribution is -2.06. The van der Waals surface area contributed by atoms with Crippen LogP contribution in [0.5, 0.6) is 0 Å². The van der Waals surface area contributed by atoms with Crippen molar-refractivity contribution in [1.29, 1.82) is 0 Å². The third kappa shape index (κ3) is 3.69. The second-order valence-corrected chi connectivity index (χ2v) is 6.41. The van der Waals surface area contributed by atoms with E-state index in [-0.39, 0.29) is 0 Å². The predicted molar refractivity (Wildman–Crippen MR) is 106 cm³/mol. The fourth-order valence-electron chi connectivity index (χ4n) is 2.93. The van der Waals surface area contributed by atoms with E-state index in [1.54, 1.807) is 6.20 Å². The van der Waals surface area contributed by atoms with E-state index < -0.39 is 0 Å². The molecule has 0 fully saturated rings. The Bertz CT molecular complexity index is 1060. The molecule has 6 heteroatoms. The number of anilines is 1. The quantitative estimate of drug-likeness (QED) is 0.561. The first-order valence-corrected chi connectivity index (χ1v) is 8.80. The molecule has 6 nitrogen and oxygen atoms in total. The number of hydrogen-bond acceptors (Lipinski definition) is 5. The van der Waals surface area contributed by atoms with E-state index in [0.29, 0.717) is 12.5 Å². The molecule has 2 N–H and O–H groups in total. The zero-order valence-corrected chi connectivity index (χ0v) is 15.3. The van der Waals surface area contributed by atoms with Crippen LogP contribution in [-0.4, -0.2) is 25.4 Å². The van der Waals surface area contributed by atoms with Gasteiger partial charge in [0, 0.05) is 5.56 Å². The summed E-state index contributed by atoms with van der Waals surface area (Å²) in [6, 6.07) is 18.3. The molecule has 2 aromatic carbocycles. The Morgan fingerprint density at radius 2 is 1.85 bits per heavy atom. The minimum absolute atomic E-state index is 0.484. The van der Waals surface area contributed by atoms with Gasteiger partial charge in [-0.2, -0.15) is 10.2 Å². The van der Waals surface area contributed by atoms with Gasteiger partial charge in [0.1, 0.15) is 0 Å². The lowest BCUT2D eigenvalue weighted by molar-refractivity contribution is 0.923. The second-order valence-electron chi connectivity index (χ2n) is 6.41. The molecule has 2 heterocycles. The molecule has 0 atom stereocenters. The van der Waals surface area contributed by atoms with Crippen molar-refractivity contribution in [2.45, 2.75) is 20.4 Å². The highest BCUT2D eigenvalue weighted by Crippen LogP contribution is 2.23. The summed E-state index contributed by atoms with van der Waals surface area (Å²) >= 11 is 0. The summed E-state index contributed by atoms with van der Waals surface area (Å²) in [6.07, 6.45) is 1.69. The molecule has 0 unspecified atom stereocenters. The number of hydrogen-bond donors (Lipinski definition) is 2. The van der Waals surface area contributed by atoms with Gasteiger partial charge in [-0.05, 0) is 36.6 Å². The Morgan fingerprint density at radius 3 is 2.70 bits per heavy atom. The van der Waals surface area contributed by atoms with Gasteiger partial charge in [0.15, 0.2) is 0 Å². The highest BCUT2D eigenvalue weighted by atomic mass is 15.2. The fourth-order valence-corrected chi connectivity index (χ4v) is 2.93. The smallest absolute Gasteiger partial charge is 0.243 e. The van der Waals surface area contributed by atoms with Gasteiger partial charge in [0.25, 0.3) is 0 Å². The Labute approximate surface area is 157 Å². The first-order valence-electron chi connectivity index (χ1n) is 8.80. The largest absolute Gasteiger partial charge is 0.347 e. The van der Waals surface area contributed by atoms with E-state index in [9.17, 15) is 0 Å². The number of nitrogens with zero attached hydrogens (tertiary/aromatic N) is 4. The average molecular weight is 356 g/mol. The SMILES string of the molecule is Cc1cccc(-c2cnnc(NCc3cc(-c4ccccc4)[nH]n3)n2)c1C. The van der Waals surface area contributed by atoms with Crippen LogP contribution in [0.3, 0.4) is 0 Å². The summed E-state index contributed by atoms with van der Waals surface area (Å²) < 4.78 is 0. The lowest BCUT2D eigenvalue weighted by atomic mass is 10.0. The zero-order chi connectivity index (χ0) is 18.6. The number of benzene rings is 2. The molecule has 134 valence electrons. The molecule has 0 spiro atoms. The maximum absolute atomic E-state index is 4.60. The van der Waals surface area contributed by atoms with Crippen molar-refractivity contribution >= 4 is 5.95 Å². The molecule has 0 aliphatic heterocycles. The molecular formula is C21H20N6. The number of aryl methyl sites for hydroxylation is 1. The van der Waals surface area contributed by atoms with Crippen molar-refractivity contribution in [3.8, 4) is 22.5 Å². The van der Waals surface area contributed by atoms with Crippen LogP contribution < -0.4 is 5.32 Å². The van der Waals surface area contributed by atoms with E-state index >= 15 is 0 Å². The van der Waals surface area contributed by atoms with Gasteiger partial charge in [-0.25, -0.2) is 4.98 Å². The number of nitrogens with one attached hydrogen (secondary N) is 2. The van der Waals surface area contributed by atoms with Crippen LogP contribution >= 0.6 is 0 Å². The molecule has 0 aliphatic carbocycles. The van der Waals surface area contributed by atoms with Gasteiger partial charge < -0.3 is 5.32 Å². The zero-order valence-electron chi connectivity index (χ0n) is 15.3. The van der Waals surface area contributed by atoms with Crippen molar-refractivity contribution in [2.75, 3.05) is 5.32 Å². The van der Waals surface area contributed by atoms with Gasteiger partial charge >= 0.3 is 0 Å². The summed E-state index contributed by atoms with van der Waals surface area (Å²) in [4.78, 5) is 4.60. The summed E-state index contributed by atoms with van der Waals surface area (Å²) in [7, 11) is 0. The first-order chi connectivity index (χ1) is 13.2. The highest BCUT2D eigenvalue weighted by molar-refractivity contribution is 5.65. The first kappa shape index (κ1) is 16.9. The summed E-state index contributed by atoms with van der Waals surface area (Å²) in [5.74, 6) is 0.484. The van der Waals surface area contributed by atoms with E-state index in [1.165, 1.54) is 11.1 Å². The lowest BCUT2D eigenvalue weighted by Gasteiger charge is -2.08. The number of aromatic nitrogens is 5. The van der Waals surface area contributed by atoms with Crippen LogP contribution in [0.25, 0.3) is 22.5 Å². The molecule has 0 saturated heterocycles. The molecule has 4 rings (SSSR count). The van der Waals surface area contributed by atoms with E-state index in [1.807, 2.05) is 42.5 Å². The molecule has 4 aromatic rings. The van der Waals surface area contributed by atoms with Crippen molar-refractivity contribution in [3.63, 3.8) is 0 Å². The molecular weight excluding hydrogens is 336 g/mol. The molecule has 2 aromatic heterocycles. The van der Waals surface area contributed by atoms with Gasteiger partial charge in [-0.1, -0.05) is 48.5 Å². The molecule has 0 bridgehead atoms. The van der Waals surface area contributed by atoms with Crippen LogP contribution in [0.2, 0.25) is 0 Å². The van der Waals surface area contributed by atoms with Crippen LogP contribution in [0, 0.1) is 13.8 Å². The van der Waals surface area contributed by atoms with E-state index in [4.69, 9.17) is 0 Å². The van der Waals surface area contributed by atoms with Gasteiger partial charge in [0.2, 0.25) is 5.95 Å². The van der Waals surface area contributed by atoms with Gasteiger partial charge in [-0.3, -0.25) is 5.10 Å². The standard InChI is InChI=1S/C21H20N6/c1-14-7-6-10-18(15(14)2)20-13-23-27-21(24-20)22-12-17-11-19(26-25-17)16-8-4-3-5-9-16/h3-11,13H,12H2,1-2H3,(H,25,26)(H,22,24,27). The van der Waals surface area contributed by atoms with Gasteiger partial charge in [0.05, 0.1) is 29.8 Å². The van der Waals surface area contributed by atoms with Crippen molar-refractivity contribution in [3.05, 3.63) is 77.6 Å². The van der Waals surface area contributed by atoms with Gasteiger partial charge in [-0.15, -0.1) is 5.10 Å². The fraction of sp³-hybridized carbons (Fsp3) is 0.143. The average Bonchev–Trinajstić information content (AvgIpc) is 3.19. The topological polar surface area (TPSA) is 79.4 Å². The summed E-state index contributed by atoms with van der Waals surface area (Å²) in [5, 5.41) is 18.8. The number of aromatic amines is 1. The Balaban J connectivity index is 1.50. The molecule has 0 saturated carbocycles. The van der Waals surface area contributed by atoms with Crippen molar-refractivity contribution in [2.24, 2.45) is 0 Å². The normalized spacial score (nSPS) is 10.7. The summed E-state index contributed by atoms with van der Waals surface area (Å²) in [5.41, 5.74) is 7.27. The molecule has 0 radical (unpaired) electrons. The van der Waals surface area contributed by atoms with Crippen LogP contribution in [0.4, 0.5) is 5.95 Å². The minimum atomic E-state index is 0.484. The van der Waals surface area contributed by atoms with Crippen LogP contribution in [-0.2, 0) is 6.54 Å². The van der Waals surface area contributed by atoms with E-state index in [0.717, 1.165) is 28.2 Å². The van der Waals surface area contributed by atoms with Crippen LogP contribution in [0.15, 0.2) is 60.8 Å². The Morgan fingerprint density at radius 1 is 1.00 bits per heavy atom. The highest BCUT2D eigenvalue weighted by Gasteiger charge is 2.08. The van der Waals surface area contributed by atoms with Crippen LogP contribution in [0.1, 0.15) is 16.8 Å². The van der Waals surface area contributed by atoms with Crippen molar-refractivity contribution in [1.82, 2.24) is 25.4 Å². The van der Waals surface area contributed by atoms with E-state index in [2.05, 4.69) is 56.7 Å². The minimum Gasteiger partial charge on any atom is -0.347 e. The maximum atomic E-state index is 4.60. The van der Waals surface area contributed by atoms with Crippen molar-refractivity contribution < 1.29 is 0 Å². The molecule has 0 amide bonds. The second kappa shape index (κ2) is 7.37. The Hall–Kier alpha value is -3.54. The third-order valence-corrected chi connectivity index (χ3v) is 4.58.